The fourth-order valence-corrected chi connectivity index (χ4v) is 5.34. The molecule has 1 aliphatic carbocycles. The second-order valence-corrected chi connectivity index (χ2v) is 11.4. The number of benzene rings is 2. The number of ether oxygens (including phenoxy) is 4. The molecule has 0 spiro atoms. The lowest BCUT2D eigenvalue weighted by molar-refractivity contribution is -0.173. The molecule has 2 aliphatic rings. The van der Waals surface area contributed by atoms with Crippen LogP contribution in [0.3, 0.4) is 0 Å². The van der Waals surface area contributed by atoms with Gasteiger partial charge >= 0.3 is 12.1 Å². The SMILES string of the molecule is O=C(CCOCCOCCOCCOCCNC(=O)C(F)(F)F)NCCCCCC(=O)N1Cc2ccccc2C2=C(C2)c2ccccc21. The van der Waals surface area contributed by atoms with E-state index in [9.17, 15) is 27.6 Å². The molecule has 262 valence electrons. The van der Waals surface area contributed by atoms with Gasteiger partial charge in [0.1, 0.15) is 0 Å². The lowest BCUT2D eigenvalue weighted by Gasteiger charge is -2.27. The van der Waals surface area contributed by atoms with Crippen LogP contribution in [0, 0.1) is 0 Å². The van der Waals surface area contributed by atoms with Crippen LogP contribution in [-0.2, 0) is 39.9 Å². The number of nitrogens with zero attached hydrogens (tertiary/aromatic N) is 1. The van der Waals surface area contributed by atoms with E-state index in [0.29, 0.717) is 45.9 Å². The van der Waals surface area contributed by atoms with Crippen molar-refractivity contribution < 1.29 is 46.5 Å². The van der Waals surface area contributed by atoms with Gasteiger partial charge in [-0.2, -0.15) is 13.2 Å². The number of carbonyl (C=O) groups is 3. The molecule has 48 heavy (non-hydrogen) atoms. The van der Waals surface area contributed by atoms with E-state index < -0.39 is 12.1 Å². The maximum Gasteiger partial charge on any atom is 0.471 e. The van der Waals surface area contributed by atoms with Gasteiger partial charge in [0.15, 0.2) is 0 Å². The highest BCUT2D eigenvalue weighted by molar-refractivity contribution is 6.12. The van der Waals surface area contributed by atoms with Crippen LogP contribution in [0.15, 0.2) is 48.5 Å². The Balaban J connectivity index is 0.960. The highest BCUT2D eigenvalue weighted by Gasteiger charge is 2.38. The number of fused-ring (bicyclic) bond motifs is 4. The van der Waals surface area contributed by atoms with Gasteiger partial charge in [-0.1, -0.05) is 48.9 Å². The van der Waals surface area contributed by atoms with Crippen molar-refractivity contribution in [1.82, 2.24) is 10.6 Å². The van der Waals surface area contributed by atoms with Crippen molar-refractivity contribution in [1.29, 1.82) is 0 Å². The van der Waals surface area contributed by atoms with E-state index in [2.05, 4.69) is 29.6 Å². The highest BCUT2D eigenvalue weighted by Crippen LogP contribution is 2.52. The number of amides is 3. The second kappa shape index (κ2) is 19.3. The summed E-state index contributed by atoms with van der Waals surface area (Å²) in [7, 11) is 0. The molecule has 1 aliphatic heterocycles. The molecular weight excluding hydrogens is 631 g/mol. The van der Waals surface area contributed by atoms with Crippen molar-refractivity contribution in [2.75, 3.05) is 70.8 Å². The minimum absolute atomic E-state index is 0.0513. The molecule has 3 amide bonds. The minimum atomic E-state index is -4.90. The zero-order valence-electron chi connectivity index (χ0n) is 27.1. The third-order valence-corrected chi connectivity index (χ3v) is 7.85. The largest absolute Gasteiger partial charge is 0.471 e. The number of alkyl halides is 3. The molecule has 2 N–H and O–H groups in total. The van der Waals surface area contributed by atoms with Gasteiger partial charge in [-0.05, 0) is 47.6 Å². The van der Waals surface area contributed by atoms with E-state index in [1.165, 1.54) is 22.3 Å². The summed E-state index contributed by atoms with van der Waals surface area (Å²) < 4.78 is 57.3. The van der Waals surface area contributed by atoms with Crippen LogP contribution >= 0.6 is 0 Å². The molecule has 0 atom stereocenters. The molecule has 0 saturated heterocycles. The first-order valence-electron chi connectivity index (χ1n) is 16.4. The van der Waals surface area contributed by atoms with Crippen LogP contribution in [0.2, 0.25) is 0 Å². The molecule has 10 nitrogen and oxygen atoms in total. The first-order chi connectivity index (χ1) is 23.3. The van der Waals surface area contributed by atoms with Crippen molar-refractivity contribution in [2.24, 2.45) is 0 Å². The van der Waals surface area contributed by atoms with Gasteiger partial charge in [-0.3, -0.25) is 14.4 Å². The standard InChI is InChI=1S/C35H44F3N3O7/c36-35(37,38)34(44)40-15-17-46-19-21-48-23-22-47-20-18-45-16-13-32(42)39-14-7-1-2-12-33(43)41-25-26-8-3-4-9-27(26)29-24-30(29)28-10-5-6-11-31(28)41/h3-6,8-11H,1-2,7,12-25H2,(H,39,42)(H,40,44). The lowest BCUT2D eigenvalue weighted by Crippen LogP contribution is -2.38. The summed E-state index contributed by atoms with van der Waals surface area (Å²) in [4.78, 5) is 38.1. The summed E-state index contributed by atoms with van der Waals surface area (Å²) in [5, 5.41) is 4.61. The molecule has 1 heterocycles. The molecule has 0 unspecified atom stereocenters. The number of rotatable bonds is 21. The molecule has 0 bridgehead atoms. The summed E-state index contributed by atoms with van der Waals surface area (Å²) in [6.07, 6.45) is -0.859. The number of allylic oxidation sites excluding steroid dienone is 2. The lowest BCUT2D eigenvalue weighted by atomic mass is 10.0. The van der Waals surface area contributed by atoms with Crippen molar-refractivity contribution in [3.05, 3.63) is 65.2 Å². The summed E-state index contributed by atoms with van der Waals surface area (Å²) in [6, 6.07) is 16.5. The van der Waals surface area contributed by atoms with Gasteiger partial charge in [-0.25, -0.2) is 0 Å². The fourth-order valence-electron chi connectivity index (χ4n) is 5.34. The monoisotopic (exact) mass is 675 g/mol. The van der Waals surface area contributed by atoms with Crippen molar-refractivity contribution in [2.45, 2.75) is 51.2 Å². The number of para-hydroxylation sites is 1. The average molecular weight is 676 g/mol. The van der Waals surface area contributed by atoms with E-state index in [-0.39, 0.29) is 51.2 Å². The van der Waals surface area contributed by atoms with Crippen molar-refractivity contribution in [3.8, 4) is 0 Å². The Labute approximate surface area is 278 Å². The van der Waals surface area contributed by atoms with Crippen LogP contribution in [0.4, 0.5) is 18.9 Å². The fraction of sp³-hybridized carbons (Fsp3) is 0.514. The Hall–Kier alpha value is -3.78. The number of carbonyl (C=O) groups excluding carboxylic acids is 3. The Morgan fingerprint density at radius 2 is 1.27 bits per heavy atom. The molecular formula is C35H44F3N3O7. The molecule has 4 rings (SSSR count). The molecule has 0 aromatic heterocycles. The maximum atomic E-state index is 13.4. The molecule has 0 saturated carbocycles. The average Bonchev–Trinajstić information content (AvgIpc) is 3.86. The summed E-state index contributed by atoms with van der Waals surface area (Å²) in [5.74, 6) is -1.97. The number of halogens is 3. The number of anilines is 1. The zero-order valence-corrected chi connectivity index (χ0v) is 27.1. The Bertz CT molecular complexity index is 1400. The molecule has 2 aromatic carbocycles. The quantitative estimate of drug-likeness (QED) is 0.185. The van der Waals surface area contributed by atoms with Gasteiger partial charge in [0.25, 0.3) is 0 Å². The van der Waals surface area contributed by atoms with E-state index in [0.717, 1.165) is 36.9 Å². The smallest absolute Gasteiger partial charge is 0.379 e. The maximum absolute atomic E-state index is 13.4. The van der Waals surface area contributed by atoms with Crippen molar-refractivity contribution in [3.63, 3.8) is 0 Å². The normalized spacial score (nSPS) is 13.6. The Morgan fingerprint density at radius 1 is 0.667 bits per heavy atom. The number of hydrogen-bond donors (Lipinski definition) is 2. The van der Waals surface area contributed by atoms with Crippen LogP contribution < -0.4 is 15.5 Å². The third kappa shape index (κ3) is 12.0. The van der Waals surface area contributed by atoms with Gasteiger partial charge < -0.3 is 34.5 Å². The predicted molar refractivity (Wildman–Crippen MR) is 174 cm³/mol. The van der Waals surface area contributed by atoms with E-state index in [4.69, 9.17) is 18.9 Å². The predicted octanol–water partition coefficient (Wildman–Crippen LogP) is 4.66. The summed E-state index contributed by atoms with van der Waals surface area (Å²) in [5.41, 5.74) is 7.28. The highest BCUT2D eigenvalue weighted by atomic mass is 19.4. The third-order valence-electron chi connectivity index (χ3n) is 7.85. The van der Waals surface area contributed by atoms with Crippen LogP contribution in [0.1, 0.15) is 55.2 Å². The number of nitrogens with one attached hydrogen (secondary N) is 2. The topological polar surface area (TPSA) is 115 Å². The molecule has 13 heteroatoms. The van der Waals surface area contributed by atoms with Gasteiger partial charge in [0.2, 0.25) is 11.8 Å². The number of hydrogen-bond acceptors (Lipinski definition) is 7. The van der Waals surface area contributed by atoms with Crippen molar-refractivity contribution >= 4 is 34.6 Å². The Kier molecular flexibility index (Phi) is 14.9. The van der Waals surface area contributed by atoms with Crippen LogP contribution in [-0.4, -0.2) is 89.8 Å². The first kappa shape index (κ1) is 37.0. The first-order valence-corrected chi connectivity index (χ1v) is 16.4. The van der Waals surface area contributed by atoms with Gasteiger partial charge in [0, 0.05) is 31.5 Å². The van der Waals surface area contributed by atoms with Gasteiger partial charge in [-0.15, -0.1) is 0 Å². The molecule has 0 radical (unpaired) electrons. The summed E-state index contributed by atoms with van der Waals surface area (Å²) in [6.45, 7) is 2.83. The van der Waals surface area contributed by atoms with E-state index >= 15 is 0 Å². The molecule has 0 fully saturated rings. The zero-order chi connectivity index (χ0) is 34.2. The second-order valence-electron chi connectivity index (χ2n) is 11.4. The minimum Gasteiger partial charge on any atom is -0.379 e. The Morgan fingerprint density at radius 3 is 1.98 bits per heavy atom. The molecule has 2 aromatic rings. The summed E-state index contributed by atoms with van der Waals surface area (Å²) >= 11 is 0. The van der Waals surface area contributed by atoms with Gasteiger partial charge in [0.05, 0.1) is 65.1 Å². The van der Waals surface area contributed by atoms with Crippen LogP contribution in [0.5, 0.6) is 0 Å². The van der Waals surface area contributed by atoms with E-state index in [1.807, 2.05) is 29.2 Å². The van der Waals surface area contributed by atoms with E-state index in [1.54, 1.807) is 5.32 Å². The number of unbranched alkanes of at least 4 members (excludes halogenated alkanes) is 2. The van der Waals surface area contributed by atoms with Crippen LogP contribution in [0.25, 0.3) is 11.1 Å².